The highest BCUT2D eigenvalue weighted by molar-refractivity contribution is 5.88. The summed E-state index contributed by atoms with van der Waals surface area (Å²) in [5, 5.41) is 6.70. The van der Waals surface area contributed by atoms with Crippen molar-refractivity contribution in [1.29, 1.82) is 0 Å². The number of nitrogens with zero attached hydrogens (tertiary/aromatic N) is 2. The first-order chi connectivity index (χ1) is 21.4. The van der Waals surface area contributed by atoms with E-state index in [9.17, 15) is 0 Å². The molecule has 0 unspecified atom stereocenters. The number of aromatic amines is 1. The number of rotatable bonds is 13. The first kappa shape index (κ1) is 34.2. The van der Waals surface area contributed by atoms with E-state index >= 15 is 4.39 Å². The highest BCUT2D eigenvalue weighted by Gasteiger charge is 2.20. The third kappa shape index (κ3) is 8.42. The van der Waals surface area contributed by atoms with E-state index in [2.05, 4.69) is 40.3 Å². The van der Waals surface area contributed by atoms with Gasteiger partial charge >= 0.3 is 0 Å². The molecule has 232 valence electrons. The number of benzene rings is 1. The predicted octanol–water partition coefficient (Wildman–Crippen LogP) is 9.29. The highest BCUT2D eigenvalue weighted by Crippen LogP contribution is 2.34. The van der Waals surface area contributed by atoms with E-state index in [0.29, 0.717) is 29.2 Å². The maximum atomic E-state index is 15.5. The van der Waals surface area contributed by atoms with Gasteiger partial charge in [0.05, 0.1) is 5.69 Å². The van der Waals surface area contributed by atoms with Gasteiger partial charge in [-0.1, -0.05) is 82.9 Å². The molecule has 1 aliphatic rings. The van der Waals surface area contributed by atoms with Gasteiger partial charge in [-0.3, -0.25) is 4.98 Å². The topological polar surface area (TPSA) is 65.6 Å². The fourth-order valence-corrected chi connectivity index (χ4v) is 5.53. The van der Waals surface area contributed by atoms with Gasteiger partial charge < -0.3 is 15.6 Å². The number of halogens is 1. The lowest BCUT2D eigenvalue weighted by Gasteiger charge is -2.15. The van der Waals surface area contributed by atoms with E-state index in [4.69, 9.17) is 4.98 Å². The Morgan fingerprint density at radius 3 is 2.52 bits per heavy atom. The summed E-state index contributed by atoms with van der Waals surface area (Å²) >= 11 is 0. The first-order valence-corrected chi connectivity index (χ1v) is 15.6. The summed E-state index contributed by atoms with van der Waals surface area (Å²) in [7, 11) is 1.78. The number of nitrogens with one attached hydrogen (secondary N) is 3. The van der Waals surface area contributed by atoms with Gasteiger partial charge in [0, 0.05) is 65.2 Å². The van der Waals surface area contributed by atoms with Crippen molar-refractivity contribution in [3.63, 3.8) is 0 Å². The summed E-state index contributed by atoms with van der Waals surface area (Å²) in [4.78, 5) is 12.6. The van der Waals surface area contributed by atoms with Crippen molar-refractivity contribution in [3.05, 3.63) is 132 Å². The molecule has 0 amide bonds. The molecule has 6 heteroatoms. The van der Waals surface area contributed by atoms with Gasteiger partial charge in [0.2, 0.25) is 0 Å². The van der Waals surface area contributed by atoms with Crippen molar-refractivity contribution >= 4 is 22.4 Å². The van der Waals surface area contributed by atoms with Crippen molar-refractivity contribution < 1.29 is 4.39 Å². The van der Waals surface area contributed by atoms with E-state index in [1.54, 1.807) is 25.5 Å². The number of imidazole rings is 1. The molecule has 4 rings (SSSR count). The molecule has 1 aliphatic carbocycles. The minimum atomic E-state index is -0.313. The molecule has 5 nitrogen and oxygen atoms in total. The summed E-state index contributed by atoms with van der Waals surface area (Å²) in [6, 6.07) is 7.25. The SMILES string of the molecule is C=C/C=C(/c1cccnc1)c1nc(C(=C)c2cc(C(/C=C(\C=C)CNCC3CCCC3)=C/C)c(F)cc2NC)[nH]c1C.CC. The quantitative estimate of drug-likeness (QED) is 0.173. The van der Waals surface area contributed by atoms with Crippen molar-refractivity contribution in [2.75, 3.05) is 25.5 Å². The number of H-pyrrole nitrogens is 1. The van der Waals surface area contributed by atoms with Crippen LogP contribution < -0.4 is 10.6 Å². The van der Waals surface area contributed by atoms with Crippen LogP contribution in [0.4, 0.5) is 10.1 Å². The van der Waals surface area contributed by atoms with Crippen molar-refractivity contribution in [1.82, 2.24) is 20.3 Å². The number of anilines is 1. The molecular weight excluding hydrogens is 545 g/mol. The molecule has 3 aromatic rings. The molecule has 0 bridgehead atoms. The Morgan fingerprint density at radius 1 is 1.16 bits per heavy atom. The maximum absolute atomic E-state index is 15.5. The Balaban J connectivity index is 0.00000259. The molecule has 44 heavy (non-hydrogen) atoms. The highest BCUT2D eigenvalue weighted by atomic mass is 19.1. The lowest BCUT2D eigenvalue weighted by Crippen LogP contribution is -2.23. The molecule has 0 saturated heterocycles. The minimum absolute atomic E-state index is 0.313. The maximum Gasteiger partial charge on any atom is 0.138 e. The first-order valence-electron chi connectivity index (χ1n) is 15.6. The van der Waals surface area contributed by atoms with Crippen LogP contribution in [-0.4, -0.2) is 35.1 Å². The third-order valence-electron chi connectivity index (χ3n) is 7.85. The Bertz CT molecular complexity index is 1520. The van der Waals surface area contributed by atoms with E-state index in [1.807, 2.05) is 70.2 Å². The fraction of sp³-hybridized carbons (Fsp3) is 0.316. The minimum Gasteiger partial charge on any atom is -0.388 e. The zero-order valence-electron chi connectivity index (χ0n) is 27.1. The number of aromatic nitrogens is 3. The van der Waals surface area contributed by atoms with Gasteiger partial charge in [-0.2, -0.15) is 0 Å². The summed E-state index contributed by atoms with van der Waals surface area (Å²) in [5.41, 5.74) is 7.84. The number of hydrogen-bond donors (Lipinski definition) is 3. The van der Waals surface area contributed by atoms with E-state index in [-0.39, 0.29) is 5.82 Å². The van der Waals surface area contributed by atoms with Crippen LogP contribution in [0.3, 0.4) is 0 Å². The number of aryl methyl sites for hydroxylation is 1. The molecule has 0 atom stereocenters. The fourth-order valence-electron chi connectivity index (χ4n) is 5.53. The lowest BCUT2D eigenvalue weighted by atomic mass is 9.95. The summed E-state index contributed by atoms with van der Waals surface area (Å²) in [6.07, 6.45) is 18.2. The van der Waals surface area contributed by atoms with E-state index < -0.39 is 0 Å². The summed E-state index contributed by atoms with van der Waals surface area (Å²) in [5.74, 6) is 1.04. The standard InChI is InChI=1S/C36H42FN5.C2H6/c1-7-13-30(29-16-12-17-39-23-29)35-25(5)41-36(42-35)24(4)31-19-32(33(37)20-34(31)38-6)28(9-3)18-26(8-2)21-40-22-27-14-10-11-15-27;1-2/h7-9,12-13,16-20,23,27,38,40H,1-2,4,10-11,14-15,21-22H2,3,5-6H3,(H,41,42);1-2H3/b26-18+,28-9+,30-13-;. The predicted molar refractivity (Wildman–Crippen MR) is 187 cm³/mol. The van der Waals surface area contributed by atoms with Gasteiger partial charge in [-0.05, 0) is 68.5 Å². The molecule has 3 N–H and O–H groups in total. The number of hydrogen-bond acceptors (Lipinski definition) is 4. The van der Waals surface area contributed by atoms with Crippen LogP contribution in [0.2, 0.25) is 0 Å². The van der Waals surface area contributed by atoms with Crippen LogP contribution in [0.15, 0.2) is 92.3 Å². The second kappa shape index (κ2) is 17.1. The van der Waals surface area contributed by atoms with Crippen LogP contribution in [-0.2, 0) is 0 Å². The van der Waals surface area contributed by atoms with Crippen LogP contribution >= 0.6 is 0 Å². The largest absolute Gasteiger partial charge is 0.388 e. The van der Waals surface area contributed by atoms with Gasteiger partial charge in [-0.15, -0.1) is 0 Å². The molecule has 2 aromatic heterocycles. The Morgan fingerprint density at radius 2 is 1.91 bits per heavy atom. The second-order valence-electron chi connectivity index (χ2n) is 10.7. The zero-order valence-corrected chi connectivity index (χ0v) is 27.1. The monoisotopic (exact) mass is 593 g/mol. The van der Waals surface area contributed by atoms with Crippen molar-refractivity contribution in [3.8, 4) is 0 Å². The molecule has 1 fully saturated rings. The molecule has 0 radical (unpaired) electrons. The van der Waals surface area contributed by atoms with Gasteiger partial charge in [-0.25, -0.2) is 9.37 Å². The molecule has 0 aliphatic heterocycles. The van der Waals surface area contributed by atoms with E-state index in [1.165, 1.54) is 31.7 Å². The van der Waals surface area contributed by atoms with Gasteiger partial charge in [0.25, 0.3) is 0 Å². The smallest absolute Gasteiger partial charge is 0.138 e. The second-order valence-corrected chi connectivity index (χ2v) is 10.7. The molecule has 1 aromatic carbocycles. The van der Waals surface area contributed by atoms with Crippen molar-refractivity contribution in [2.45, 2.75) is 53.4 Å². The average molecular weight is 594 g/mol. The average Bonchev–Trinajstić information content (AvgIpc) is 3.72. The molecule has 1 saturated carbocycles. The normalized spacial score (nSPS) is 14.2. The van der Waals surface area contributed by atoms with Gasteiger partial charge in [0.1, 0.15) is 11.6 Å². The van der Waals surface area contributed by atoms with E-state index in [0.717, 1.165) is 51.7 Å². The third-order valence-corrected chi connectivity index (χ3v) is 7.85. The summed E-state index contributed by atoms with van der Waals surface area (Å²) in [6.45, 7) is 21.9. The zero-order chi connectivity index (χ0) is 32.1. The summed E-state index contributed by atoms with van der Waals surface area (Å²) < 4.78 is 15.5. The molecular formula is C38H48FN5. The molecule has 2 heterocycles. The Hall–Kier alpha value is -4.29. The van der Waals surface area contributed by atoms with Crippen LogP contribution in [0.5, 0.6) is 0 Å². The van der Waals surface area contributed by atoms with Crippen LogP contribution in [0.25, 0.3) is 16.7 Å². The lowest BCUT2D eigenvalue weighted by molar-refractivity contribution is 0.503. The van der Waals surface area contributed by atoms with Crippen molar-refractivity contribution in [2.24, 2.45) is 5.92 Å². The Labute approximate surface area is 263 Å². The van der Waals surface area contributed by atoms with Gasteiger partial charge in [0.15, 0.2) is 0 Å². The molecule has 0 spiro atoms. The number of pyridine rings is 1. The Kier molecular flexibility index (Phi) is 13.3. The number of allylic oxidation sites excluding steroid dienone is 5. The van der Waals surface area contributed by atoms with Crippen LogP contribution in [0, 0.1) is 18.7 Å². The van der Waals surface area contributed by atoms with Crippen LogP contribution in [0.1, 0.15) is 80.4 Å².